The van der Waals surface area contributed by atoms with Crippen LogP contribution in [0.25, 0.3) is 0 Å². The van der Waals surface area contributed by atoms with Crippen molar-refractivity contribution in [2.75, 3.05) is 6.54 Å². The van der Waals surface area contributed by atoms with Gasteiger partial charge in [-0.05, 0) is 37.5 Å². The van der Waals surface area contributed by atoms with Crippen LogP contribution >= 0.6 is 0 Å². The Balaban J connectivity index is 1.87. The maximum absolute atomic E-state index is 12.4. The van der Waals surface area contributed by atoms with Gasteiger partial charge in [0, 0.05) is 25.0 Å². The summed E-state index contributed by atoms with van der Waals surface area (Å²) in [5.74, 6) is 0.0743. The van der Waals surface area contributed by atoms with Crippen LogP contribution in [0.3, 0.4) is 0 Å². The van der Waals surface area contributed by atoms with Crippen LogP contribution in [0, 0.1) is 11.8 Å². The van der Waals surface area contributed by atoms with E-state index in [9.17, 15) is 9.59 Å². The fraction of sp³-hybridized carbons (Fsp3) is 0.875. The number of nitrogens with zero attached hydrogens (tertiary/aromatic N) is 1. The number of fused-ring (bicyclic) bond motifs is 2. The molecule has 0 aromatic heterocycles. The van der Waals surface area contributed by atoms with Crippen LogP contribution in [0.4, 0.5) is 4.79 Å². The number of carbonyl (C=O) groups excluding carboxylic acids is 1. The highest BCUT2D eigenvalue weighted by Crippen LogP contribution is 2.39. The minimum Gasteiger partial charge on any atom is -0.481 e. The Labute approximate surface area is 127 Å². The van der Waals surface area contributed by atoms with Crippen LogP contribution in [0.5, 0.6) is 0 Å². The van der Waals surface area contributed by atoms with Gasteiger partial charge in [0.05, 0.1) is 0 Å². The lowest BCUT2D eigenvalue weighted by atomic mass is 9.88. The molecular weight excluding hydrogens is 268 g/mol. The largest absolute Gasteiger partial charge is 0.481 e. The topological polar surface area (TPSA) is 69.6 Å². The van der Waals surface area contributed by atoms with Crippen molar-refractivity contribution in [3.8, 4) is 0 Å². The number of nitrogens with one attached hydrogen (secondary N) is 1. The Morgan fingerprint density at radius 2 is 1.76 bits per heavy atom. The molecule has 2 fully saturated rings. The number of carboxylic acid groups (broad SMARTS) is 1. The molecule has 0 aliphatic carbocycles. The monoisotopic (exact) mass is 296 g/mol. The predicted molar refractivity (Wildman–Crippen MR) is 81.1 cm³/mol. The van der Waals surface area contributed by atoms with Gasteiger partial charge in [-0.3, -0.25) is 4.79 Å². The summed E-state index contributed by atoms with van der Waals surface area (Å²) < 4.78 is 0. The van der Waals surface area contributed by atoms with Crippen LogP contribution in [0.2, 0.25) is 0 Å². The normalized spacial score (nSPS) is 28.0. The van der Waals surface area contributed by atoms with Crippen LogP contribution in [-0.2, 0) is 4.79 Å². The molecule has 21 heavy (non-hydrogen) atoms. The van der Waals surface area contributed by atoms with E-state index < -0.39 is 5.97 Å². The number of piperidine rings is 1. The zero-order valence-corrected chi connectivity index (χ0v) is 13.2. The molecule has 5 heteroatoms. The lowest BCUT2D eigenvalue weighted by Crippen LogP contribution is -2.51. The van der Waals surface area contributed by atoms with E-state index in [1.165, 1.54) is 0 Å². The molecule has 2 amide bonds. The Kier molecular flexibility index (Phi) is 5.48. The minimum atomic E-state index is -0.717. The molecule has 0 aromatic rings. The van der Waals surface area contributed by atoms with E-state index in [1.54, 1.807) is 0 Å². The summed E-state index contributed by atoms with van der Waals surface area (Å²) in [4.78, 5) is 25.3. The number of hydrogen-bond acceptors (Lipinski definition) is 2. The van der Waals surface area contributed by atoms with Crippen LogP contribution in [0.1, 0.15) is 58.8 Å². The molecule has 2 aliphatic rings. The van der Waals surface area contributed by atoms with Crippen LogP contribution in [0.15, 0.2) is 0 Å². The highest BCUT2D eigenvalue weighted by atomic mass is 16.4. The number of aliphatic carboxylic acids is 1. The molecule has 120 valence electrons. The molecule has 2 atom stereocenters. The molecule has 2 saturated heterocycles. The van der Waals surface area contributed by atoms with Gasteiger partial charge in [0.25, 0.3) is 0 Å². The fourth-order valence-electron chi connectivity index (χ4n) is 3.94. The van der Waals surface area contributed by atoms with Gasteiger partial charge in [-0.25, -0.2) is 4.79 Å². The highest BCUT2D eigenvalue weighted by molar-refractivity contribution is 5.75. The Morgan fingerprint density at radius 1 is 1.19 bits per heavy atom. The molecule has 2 heterocycles. The van der Waals surface area contributed by atoms with Crippen molar-refractivity contribution in [1.82, 2.24) is 10.2 Å². The summed E-state index contributed by atoms with van der Waals surface area (Å²) in [5, 5.41) is 12.0. The minimum absolute atomic E-state index is 0.0585. The summed E-state index contributed by atoms with van der Waals surface area (Å²) in [5.41, 5.74) is 0. The maximum Gasteiger partial charge on any atom is 0.317 e. The number of carbonyl (C=O) groups is 2. The first-order chi connectivity index (χ1) is 10.0. The van der Waals surface area contributed by atoms with Crippen LogP contribution < -0.4 is 5.32 Å². The molecule has 0 spiro atoms. The first-order valence-electron chi connectivity index (χ1n) is 8.33. The van der Waals surface area contributed by atoms with E-state index in [1.807, 2.05) is 4.90 Å². The van der Waals surface area contributed by atoms with E-state index in [0.717, 1.165) is 45.1 Å². The second kappa shape index (κ2) is 7.14. The summed E-state index contributed by atoms with van der Waals surface area (Å²) in [7, 11) is 0. The van der Waals surface area contributed by atoms with Crippen molar-refractivity contribution in [2.24, 2.45) is 11.8 Å². The Bertz CT molecular complexity index is 368. The predicted octanol–water partition coefficient (Wildman–Crippen LogP) is 2.85. The van der Waals surface area contributed by atoms with Gasteiger partial charge in [0.15, 0.2) is 0 Å². The molecule has 0 radical (unpaired) electrons. The summed E-state index contributed by atoms with van der Waals surface area (Å²) in [6.07, 6.45) is 6.17. The second-order valence-electron chi connectivity index (χ2n) is 6.60. The average molecular weight is 296 g/mol. The lowest BCUT2D eigenvalue weighted by molar-refractivity contribution is -0.138. The van der Waals surface area contributed by atoms with E-state index in [4.69, 9.17) is 5.11 Å². The average Bonchev–Trinajstić information content (AvgIpc) is 2.71. The fourth-order valence-corrected chi connectivity index (χ4v) is 3.94. The van der Waals surface area contributed by atoms with Crippen molar-refractivity contribution >= 4 is 12.0 Å². The molecule has 0 saturated carbocycles. The Hall–Kier alpha value is -1.26. The van der Waals surface area contributed by atoms with E-state index in [2.05, 4.69) is 19.2 Å². The van der Waals surface area contributed by atoms with Crippen molar-refractivity contribution in [3.05, 3.63) is 0 Å². The zero-order valence-electron chi connectivity index (χ0n) is 13.2. The Morgan fingerprint density at radius 3 is 2.24 bits per heavy atom. The van der Waals surface area contributed by atoms with Crippen molar-refractivity contribution in [2.45, 2.75) is 70.9 Å². The zero-order chi connectivity index (χ0) is 15.4. The number of carboxylic acids is 1. The number of amides is 2. The van der Waals surface area contributed by atoms with Crippen molar-refractivity contribution < 1.29 is 14.7 Å². The third-order valence-electron chi connectivity index (χ3n) is 5.23. The van der Waals surface area contributed by atoms with Crippen LogP contribution in [-0.4, -0.2) is 40.6 Å². The lowest BCUT2D eigenvalue weighted by Gasteiger charge is -2.38. The summed E-state index contributed by atoms with van der Waals surface area (Å²) in [6, 6.07) is 0.549. The third-order valence-corrected chi connectivity index (χ3v) is 5.23. The molecule has 2 aliphatic heterocycles. The second-order valence-corrected chi connectivity index (χ2v) is 6.60. The smallest absolute Gasteiger partial charge is 0.317 e. The highest BCUT2D eigenvalue weighted by Gasteiger charge is 2.43. The molecule has 2 unspecified atom stereocenters. The van der Waals surface area contributed by atoms with Gasteiger partial charge < -0.3 is 15.3 Å². The quantitative estimate of drug-likeness (QED) is 0.792. The van der Waals surface area contributed by atoms with Crippen molar-refractivity contribution in [1.29, 1.82) is 0 Å². The summed E-state index contributed by atoms with van der Waals surface area (Å²) in [6.45, 7) is 5.06. The molecule has 0 aromatic carbocycles. The summed E-state index contributed by atoms with van der Waals surface area (Å²) >= 11 is 0. The molecule has 2 rings (SSSR count). The van der Waals surface area contributed by atoms with E-state index in [-0.39, 0.29) is 30.5 Å². The number of urea groups is 1. The van der Waals surface area contributed by atoms with Gasteiger partial charge >= 0.3 is 12.0 Å². The van der Waals surface area contributed by atoms with E-state index in [0.29, 0.717) is 5.92 Å². The van der Waals surface area contributed by atoms with Gasteiger partial charge in [-0.2, -0.15) is 0 Å². The van der Waals surface area contributed by atoms with Gasteiger partial charge in [0.2, 0.25) is 0 Å². The SMILES string of the molecule is CCC(CC)CNC(=O)N1C2CCC1CC(CC(=O)O)C2. The molecule has 2 bridgehead atoms. The standard InChI is InChI=1S/C16H28N2O3/c1-3-11(4-2)10-17-16(21)18-13-5-6-14(18)8-12(7-13)9-15(19)20/h11-14H,3-10H2,1-2H3,(H,17,21)(H,19,20). The number of rotatable bonds is 6. The van der Waals surface area contributed by atoms with Gasteiger partial charge in [-0.15, -0.1) is 0 Å². The first-order valence-corrected chi connectivity index (χ1v) is 8.33. The molecular formula is C16H28N2O3. The maximum atomic E-state index is 12.4. The van der Waals surface area contributed by atoms with Crippen molar-refractivity contribution in [3.63, 3.8) is 0 Å². The van der Waals surface area contributed by atoms with Gasteiger partial charge in [-0.1, -0.05) is 26.7 Å². The first kappa shape index (κ1) is 16.1. The number of hydrogen-bond donors (Lipinski definition) is 2. The molecule has 2 N–H and O–H groups in total. The van der Waals surface area contributed by atoms with E-state index >= 15 is 0 Å². The third kappa shape index (κ3) is 3.89. The molecule has 5 nitrogen and oxygen atoms in total. The van der Waals surface area contributed by atoms with Gasteiger partial charge in [0.1, 0.15) is 0 Å².